The molecule has 1 aliphatic carbocycles. The molecule has 2 heterocycles. The van der Waals surface area contributed by atoms with Crippen molar-refractivity contribution in [3.05, 3.63) is 76.8 Å². The number of nitrogens with one attached hydrogen (secondary N) is 1. The van der Waals surface area contributed by atoms with Crippen LogP contribution in [0.5, 0.6) is 0 Å². The maximum Gasteiger partial charge on any atom is 0.233 e. The van der Waals surface area contributed by atoms with E-state index in [2.05, 4.69) is 64.6 Å². The summed E-state index contributed by atoms with van der Waals surface area (Å²) in [7, 11) is 0. The topological polar surface area (TPSA) is 45.2 Å². The van der Waals surface area contributed by atoms with Crippen molar-refractivity contribution in [3.8, 4) is 0 Å². The van der Waals surface area contributed by atoms with Gasteiger partial charge in [-0.05, 0) is 61.4 Å². The lowest BCUT2D eigenvalue weighted by Crippen LogP contribution is -2.37. The first-order valence-corrected chi connectivity index (χ1v) is 11.7. The molecule has 0 saturated carbocycles. The van der Waals surface area contributed by atoms with Gasteiger partial charge in [-0.15, -0.1) is 11.3 Å². The minimum absolute atomic E-state index is 0.0263. The first-order valence-electron chi connectivity index (χ1n) is 10.8. The van der Waals surface area contributed by atoms with Crippen LogP contribution in [0.2, 0.25) is 0 Å². The van der Waals surface area contributed by atoms with Crippen molar-refractivity contribution in [1.29, 1.82) is 0 Å². The minimum Gasteiger partial charge on any atom is -0.372 e. The van der Waals surface area contributed by atoms with Crippen molar-refractivity contribution in [2.24, 2.45) is 5.41 Å². The molecule has 0 spiro atoms. The summed E-state index contributed by atoms with van der Waals surface area (Å²) in [6, 6.07) is 17.3. The Hall–Kier alpha value is -2.66. The number of anilines is 2. The standard InChI is InChI=1S/C25H27N3OS/c1-25(23(29)27-24-26-12-15-30-24)17-19-10-11-20(28-13-6-3-7-14-28)16-21(19)22(25)18-8-4-2-5-9-18/h2,4-5,8-12,15-16,22H,3,6-7,13-14,17H2,1H3,(H,26,27,29)/t22-,25+/m0/s1. The number of amides is 1. The van der Waals surface area contributed by atoms with Crippen LogP contribution in [-0.4, -0.2) is 24.0 Å². The molecule has 1 N–H and O–H groups in total. The van der Waals surface area contributed by atoms with Crippen LogP contribution in [0.1, 0.15) is 48.8 Å². The maximum absolute atomic E-state index is 13.5. The maximum atomic E-state index is 13.5. The number of carbonyl (C=O) groups excluding carboxylic acids is 1. The second-order valence-corrected chi connectivity index (χ2v) is 9.55. The SMILES string of the molecule is C[C@@]1(C(=O)Nc2nccs2)Cc2ccc(N3CCCCC3)cc2[C@@H]1c1ccccc1. The molecule has 0 radical (unpaired) electrons. The number of hydrogen-bond acceptors (Lipinski definition) is 4. The molecule has 2 atom stereocenters. The highest BCUT2D eigenvalue weighted by atomic mass is 32.1. The van der Waals surface area contributed by atoms with E-state index in [-0.39, 0.29) is 11.8 Å². The van der Waals surface area contributed by atoms with E-state index >= 15 is 0 Å². The van der Waals surface area contributed by atoms with Crippen LogP contribution in [0.3, 0.4) is 0 Å². The van der Waals surface area contributed by atoms with E-state index in [1.165, 1.54) is 53.0 Å². The first-order chi connectivity index (χ1) is 14.6. The highest BCUT2D eigenvalue weighted by Crippen LogP contribution is 2.52. The van der Waals surface area contributed by atoms with Gasteiger partial charge < -0.3 is 10.2 Å². The monoisotopic (exact) mass is 417 g/mol. The normalized spacial score (nSPS) is 23.2. The van der Waals surface area contributed by atoms with Crippen LogP contribution in [0.15, 0.2) is 60.1 Å². The van der Waals surface area contributed by atoms with Gasteiger partial charge in [-0.1, -0.05) is 36.4 Å². The summed E-state index contributed by atoms with van der Waals surface area (Å²) in [5, 5.41) is 5.63. The van der Waals surface area contributed by atoms with Crippen molar-refractivity contribution in [1.82, 2.24) is 4.98 Å². The van der Waals surface area contributed by atoms with E-state index in [0.29, 0.717) is 5.13 Å². The summed E-state index contributed by atoms with van der Waals surface area (Å²) in [4.78, 5) is 20.3. The summed E-state index contributed by atoms with van der Waals surface area (Å²) >= 11 is 1.46. The smallest absolute Gasteiger partial charge is 0.233 e. The van der Waals surface area contributed by atoms with E-state index in [9.17, 15) is 4.79 Å². The Bertz CT molecular complexity index is 1030. The highest BCUT2D eigenvalue weighted by molar-refractivity contribution is 7.13. The number of piperidine rings is 1. The van der Waals surface area contributed by atoms with Gasteiger partial charge in [0.1, 0.15) is 0 Å². The zero-order chi connectivity index (χ0) is 20.6. The van der Waals surface area contributed by atoms with Crippen LogP contribution >= 0.6 is 11.3 Å². The molecule has 1 aliphatic heterocycles. The zero-order valence-electron chi connectivity index (χ0n) is 17.3. The van der Waals surface area contributed by atoms with Gasteiger partial charge in [-0.2, -0.15) is 0 Å². The summed E-state index contributed by atoms with van der Waals surface area (Å²) < 4.78 is 0. The van der Waals surface area contributed by atoms with Crippen molar-refractivity contribution in [3.63, 3.8) is 0 Å². The third kappa shape index (κ3) is 3.41. The molecule has 3 aromatic rings. The van der Waals surface area contributed by atoms with Crippen molar-refractivity contribution in [2.75, 3.05) is 23.3 Å². The molecule has 4 nitrogen and oxygen atoms in total. The molecular formula is C25H27N3OS. The Kier molecular flexibility index (Phi) is 5.07. The number of nitrogens with zero attached hydrogens (tertiary/aromatic N) is 2. The molecular weight excluding hydrogens is 390 g/mol. The number of aromatic nitrogens is 1. The largest absolute Gasteiger partial charge is 0.372 e. The number of carbonyl (C=O) groups is 1. The van der Waals surface area contributed by atoms with Crippen molar-refractivity contribution < 1.29 is 4.79 Å². The van der Waals surface area contributed by atoms with E-state index in [1.54, 1.807) is 6.20 Å². The van der Waals surface area contributed by atoms with Gasteiger partial charge in [0.2, 0.25) is 5.91 Å². The second kappa shape index (κ2) is 7.88. The van der Waals surface area contributed by atoms with Crippen molar-refractivity contribution >= 4 is 28.1 Å². The summed E-state index contributed by atoms with van der Waals surface area (Å²) in [6.07, 6.45) is 6.30. The molecule has 0 bridgehead atoms. The Morgan fingerprint density at radius 2 is 1.93 bits per heavy atom. The van der Waals surface area contributed by atoms with Crippen LogP contribution in [0.25, 0.3) is 0 Å². The van der Waals surface area contributed by atoms with Gasteiger partial charge in [-0.3, -0.25) is 4.79 Å². The number of rotatable bonds is 4. The lowest BCUT2D eigenvalue weighted by molar-refractivity contribution is -0.125. The minimum atomic E-state index is -0.560. The summed E-state index contributed by atoms with van der Waals surface area (Å²) in [6.45, 7) is 4.35. The van der Waals surface area contributed by atoms with E-state index in [0.717, 1.165) is 19.5 Å². The number of fused-ring (bicyclic) bond motifs is 1. The molecule has 0 unspecified atom stereocenters. The van der Waals surface area contributed by atoms with Crippen molar-refractivity contribution in [2.45, 2.75) is 38.5 Å². The summed E-state index contributed by atoms with van der Waals surface area (Å²) in [5.74, 6) is 0.0698. The third-order valence-corrected chi connectivity index (χ3v) is 7.35. The Labute approximate surface area is 182 Å². The molecule has 1 fully saturated rings. The quantitative estimate of drug-likeness (QED) is 0.612. The summed E-state index contributed by atoms with van der Waals surface area (Å²) in [5.41, 5.74) is 4.50. The highest BCUT2D eigenvalue weighted by Gasteiger charge is 2.49. The predicted octanol–water partition coefficient (Wildman–Crippen LogP) is 5.47. The Morgan fingerprint density at radius 1 is 1.13 bits per heavy atom. The van der Waals surface area contributed by atoms with Gasteiger partial charge in [0.15, 0.2) is 5.13 Å². The molecule has 5 heteroatoms. The van der Waals surface area contributed by atoms with Gasteiger partial charge in [0.25, 0.3) is 0 Å². The fourth-order valence-electron chi connectivity index (χ4n) is 5.13. The van der Waals surface area contributed by atoms with Gasteiger partial charge in [0.05, 0.1) is 5.41 Å². The number of hydrogen-bond donors (Lipinski definition) is 1. The predicted molar refractivity (Wildman–Crippen MR) is 123 cm³/mol. The van der Waals surface area contributed by atoms with Crippen LogP contribution < -0.4 is 10.2 Å². The lowest BCUT2D eigenvalue weighted by atomic mass is 9.73. The van der Waals surface area contributed by atoms with Gasteiger partial charge in [-0.25, -0.2) is 4.98 Å². The van der Waals surface area contributed by atoms with E-state index in [4.69, 9.17) is 0 Å². The lowest BCUT2D eigenvalue weighted by Gasteiger charge is -2.32. The third-order valence-electron chi connectivity index (χ3n) is 6.66. The van der Waals surface area contributed by atoms with Crippen LogP contribution in [-0.2, 0) is 11.2 Å². The molecule has 154 valence electrons. The molecule has 2 aromatic carbocycles. The molecule has 1 amide bonds. The average molecular weight is 418 g/mol. The first kappa shape index (κ1) is 19.3. The zero-order valence-corrected chi connectivity index (χ0v) is 18.1. The molecule has 1 aromatic heterocycles. The fourth-order valence-corrected chi connectivity index (χ4v) is 5.66. The molecule has 5 rings (SSSR count). The van der Waals surface area contributed by atoms with Gasteiger partial charge in [0, 0.05) is 36.3 Å². The Morgan fingerprint density at radius 3 is 2.67 bits per heavy atom. The van der Waals surface area contributed by atoms with E-state index < -0.39 is 5.41 Å². The molecule has 1 saturated heterocycles. The van der Waals surface area contributed by atoms with E-state index in [1.807, 2.05) is 11.4 Å². The Balaban J connectivity index is 1.55. The van der Waals surface area contributed by atoms with Crippen LogP contribution in [0, 0.1) is 5.41 Å². The second-order valence-electron chi connectivity index (χ2n) is 8.66. The number of benzene rings is 2. The van der Waals surface area contributed by atoms with Gasteiger partial charge >= 0.3 is 0 Å². The molecule has 2 aliphatic rings. The number of thiazole rings is 1. The molecule has 30 heavy (non-hydrogen) atoms. The fraction of sp³-hybridized carbons (Fsp3) is 0.360. The average Bonchev–Trinajstić information content (AvgIpc) is 3.40. The van der Waals surface area contributed by atoms with Crippen LogP contribution in [0.4, 0.5) is 10.8 Å².